The van der Waals surface area contributed by atoms with Crippen LogP contribution in [-0.4, -0.2) is 39.1 Å². The summed E-state index contributed by atoms with van der Waals surface area (Å²) in [5.41, 5.74) is 2.95. The number of fused-ring (bicyclic) bond motifs is 1. The summed E-state index contributed by atoms with van der Waals surface area (Å²) in [5.74, 6) is -0.365. The highest BCUT2D eigenvalue weighted by molar-refractivity contribution is 6.03. The number of aromatic nitrogens is 3. The van der Waals surface area contributed by atoms with Crippen LogP contribution in [0.3, 0.4) is 0 Å². The SMILES string of the molecule is CC(=O)c1cccc(N(C(=O)Cn2nnc3ccccc32)C(C(=O)NCCC(C)C)c2ccccc2)c1. The molecule has 0 aliphatic rings. The van der Waals surface area contributed by atoms with Gasteiger partial charge in [-0.2, -0.15) is 0 Å². The van der Waals surface area contributed by atoms with Crippen LogP contribution in [0, 0.1) is 5.92 Å². The number of hydrogen-bond acceptors (Lipinski definition) is 5. The van der Waals surface area contributed by atoms with E-state index in [0.717, 1.165) is 6.42 Å². The fourth-order valence-corrected chi connectivity index (χ4v) is 4.18. The number of Topliss-reactive ketones (excluding diaryl/α,β-unsaturated/α-hetero) is 1. The number of rotatable bonds is 10. The Kier molecular flexibility index (Phi) is 8.08. The van der Waals surface area contributed by atoms with E-state index in [1.165, 1.54) is 16.5 Å². The average Bonchev–Trinajstić information content (AvgIpc) is 3.30. The molecule has 4 aromatic rings. The smallest absolute Gasteiger partial charge is 0.249 e. The molecule has 0 radical (unpaired) electrons. The number of ketones is 1. The van der Waals surface area contributed by atoms with Gasteiger partial charge in [0.2, 0.25) is 11.8 Å². The summed E-state index contributed by atoms with van der Waals surface area (Å²) >= 11 is 0. The first kappa shape index (κ1) is 25.8. The first-order chi connectivity index (χ1) is 17.8. The van der Waals surface area contributed by atoms with Crippen LogP contribution in [0.2, 0.25) is 0 Å². The Morgan fingerprint density at radius 2 is 1.68 bits per heavy atom. The summed E-state index contributed by atoms with van der Waals surface area (Å²) in [7, 11) is 0. The molecule has 0 spiro atoms. The second-order valence-electron chi connectivity index (χ2n) is 9.39. The average molecular weight is 498 g/mol. The molecule has 8 heteroatoms. The molecule has 1 unspecified atom stereocenters. The lowest BCUT2D eigenvalue weighted by Crippen LogP contribution is -2.45. The zero-order valence-electron chi connectivity index (χ0n) is 21.3. The van der Waals surface area contributed by atoms with Gasteiger partial charge in [0.05, 0.1) is 5.52 Å². The van der Waals surface area contributed by atoms with Gasteiger partial charge in [-0.15, -0.1) is 5.10 Å². The molecule has 0 saturated carbocycles. The molecule has 1 atom stereocenters. The van der Waals surface area contributed by atoms with Gasteiger partial charge >= 0.3 is 0 Å². The van der Waals surface area contributed by atoms with Crippen LogP contribution in [0.4, 0.5) is 5.69 Å². The number of amides is 2. The lowest BCUT2D eigenvalue weighted by molar-refractivity contribution is -0.127. The minimum absolute atomic E-state index is 0.130. The standard InChI is InChI=1S/C29H31N5O3/c1-20(2)16-17-30-29(37)28(22-10-5-4-6-11-22)34(24-13-9-12-23(18-24)21(3)35)27(36)19-33-26-15-8-7-14-25(26)31-32-33/h4-15,18,20,28H,16-17,19H2,1-3H3,(H,30,37). The van der Waals surface area contributed by atoms with Gasteiger partial charge in [-0.1, -0.05) is 73.7 Å². The van der Waals surface area contributed by atoms with Crippen molar-refractivity contribution in [3.05, 3.63) is 90.0 Å². The Morgan fingerprint density at radius 3 is 2.41 bits per heavy atom. The van der Waals surface area contributed by atoms with Gasteiger partial charge in [-0.05, 0) is 49.1 Å². The van der Waals surface area contributed by atoms with E-state index in [1.54, 1.807) is 24.3 Å². The molecule has 8 nitrogen and oxygen atoms in total. The van der Waals surface area contributed by atoms with Crippen molar-refractivity contribution in [2.45, 2.75) is 39.8 Å². The molecule has 37 heavy (non-hydrogen) atoms. The summed E-state index contributed by atoms with van der Waals surface area (Å²) in [5, 5.41) is 11.3. The van der Waals surface area contributed by atoms with Crippen molar-refractivity contribution in [3.63, 3.8) is 0 Å². The third-order valence-electron chi connectivity index (χ3n) is 6.15. The quantitative estimate of drug-likeness (QED) is 0.324. The number of benzene rings is 3. The van der Waals surface area contributed by atoms with E-state index in [4.69, 9.17) is 0 Å². The highest BCUT2D eigenvalue weighted by Crippen LogP contribution is 2.29. The zero-order valence-corrected chi connectivity index (χ0v) is 21.3. The summed E-state index contributed by atoms with van der Waals surface area (Å²) in [6, 6.07) is 22.4. The van der Waals surface area contributed by atoms with Crippen LogP contribution < -0.4 is 10.2 Å². The van der Waals surface area contributed by atoms with Crippen molar-refractivity contribution in [2.75, 3.05) is 11.4 Å². The fourth-order valence-electron chi connectivity index (χ4n) is 4.18. The molecule has 0 bridgehead atoms. The molecule has 1 heterocycles. The third kappa shape index (κ3) is 6.09. The molecule has 0 saturated heterocycles. The van der Waals surface area contributed by atoms with E-state index in [0.29, 0.717) is 40.3 Å². The molecule has 1 N–H and O–H groups in total. The van der Waals surface area contributed by atoms with Crippen molar-refractivity contribution in [3.8, 4) is 0 Å². The number of nitrogens with zero attached hydrogens (tertiary/aromatic N) is 4. The zero-order chi connectivity index (χ0) is 26.4. The predicted molar refractivity (Wildman–Crippen MR) is 143 cm³/mol. The molecule has 2 amide bonds. The summed E-state index contributed by atoms with van der Waals surface area (Å²) in [4.78, 5) is 41.3. The van der Waals surface area contributed by atoms with Crippen LogP contribution in [0.1, 0.15) is 49.2 Å². The van der Waals surface area contributed by atoms with Crippen molar-refractivity contribution in [2.24, 2.45) is 5.92 Å². The number of hydrogen-bond donors (Lipinski definition) is 1. The van der Waals surface area contributed by atoms with Crippen molar-refractivity contribution in [1.82, 2.24) is 20.3 Å². The number of nitrogens with one attached hydrogen (secondary N) is 1. The topological polar surface area (TPSA) is 97.2 Å². The second kappa shape index (κ2) is 11.6. The highest BCUT2D eigenvalue weighted by Gasteiger charge is 2.33. The van der Waals surface area contributed by atoms with Gasteiger partial charge < -0.3 is 5.32 Å². The van der Waals surface area contributed by atoms with Crippen LogP contribution in [0.5, 0.6) is 0 Å². The van der Waals surface area contributed by atoms with E-state index in [2.05, 4.69) is 29.5 Å². The third-order valence-corrected chi connectivity index (χ3v) is 6.15. The fraction of sp³-hybridized carbons (Fsp3) is 0.276. The van der Waals surface area contributed by atoms with Crippen molar-refractivity contribution >= 4 is 34.3 Å². The number of carbonyl (C=O) groups is 3. The number of carbonyl (C=O) groups excluding carboxylic acids is 3. The molecular formula is C29H31N5O3. The van der Waals surface area contributed by atoms with Crippen LogP contribution in [-0.2, 0) is 16.1 Å². The van der Waals surface area contributed by atoms with E-state index in [-0.39, 0.29) is 24.1 Å². The summed E-state index contributed by atoms with van der Waals surface area (Å²) in [6.45, 7) is 6.01. The van der Waals surface area contributed by atoms with Crippen LogP contribution in [0.15, 0.2) is 78.9 Å². The Balaban J connectivity index is 1.78. The van der Waals surface area contributed by atoms with Gasteiger partial charge in [0, 0.05) is 17.8 Å². The number of para-hydroxylation sites is 1. The maximum Gasteiger partial charge on any atom is 0.249 e. The Labute approximate surface area is 216 Å². The Bertz CT molecular complexity index is 1400. The molecule has 0 aliphatic heterocycles. The van der Waals surface area contributed by atoms with E-state index in [1.807, 2.05) is 54.6 Å². The van der Waals surface area contributed by atoms with Crippen molar-refractivity contribution < 1.29 is 14.4 Å². The summed E-state index contributed by atoms with van der Waals surface area (Å²) < 4.78 is 1.53. The van der Waals surface area contributed by atoms with Crippen LogP contribution in [0.25, 0.3) is 11.0 Å². The molecule has 4 rings (SSSR count). The largest absolute Gasteiger partial charge is 0.354 e. The monoisotopic (exact) mass is 497 g/mol. The lowest BCUT2D eigenvalue weighted by Gasteiger charge is -2.32. The van der Waals surface area contributed by atoms with Gasteiger partial charge in [-0.25, -0.2) is 4.68 Å². The maximum atomic E-state index is 14.0. The first-order valence-electron chi connectivity index (χ1n) is 12.4. The van der Waals surface area contributed by atoms with Crippen molar-refractivity contribution in [1.29, 1.82) is 0 Å². The van der Waals surface area contributed by atoms with Crippen LogP contribution >= 0.6 is 0 Å². The molecule has 1 aromatic heterocycles. The normalized spacial score (nSPS) is 11.9. The summed E-state index contributed by atoms with van der Waals surface area (Å²) in [6.07, 6.45) is 0.811. The molecule has 0 fully saturated rings. The molecule has 3 aromatic carbocycles. The predicted octanol–water partition coefficient (Wildman–Crippen LogP) is 4.57. The Morgan fingerprint density at radius 1 is 0.946 bits per heavy atom. The second-order valence-corrected chi connectivity index (χ2v) is 9.39. The van der Waals surface area contributed by atoms with Gasteiger partial charge in [0.1, 0.15) is 18.1 Å². The highest BCUT2D eigenvalue weighted by atomic mass is 16.2. The molecule has 0 aliphatic carbocycles. The van der Waals surface area contributed by atoms with Gasteiger partial charge in [0.25, 0.3) is 0 Å². The van der Waals surface area contributed by atoms with E-state index < -0.39 is 6.04 Å². The molecular weight excluding hydrogens is 466 g/mol. The lowest BCUT2D eigenvalue weighted by atomic mass is 10.0. The number of anilines is 1. The molecule has 190 valence electrons. The van der Waals surface area contributed by atoms with E-state index >= 15 is 0 Å². The maximum absolute atomic E-state index is 14.0. The minimum Gasteiger partial charge on any atom is -0.354 e. The first-order valence-corrected chi connectivity index (χ1v) is 12.4. The van der Waals surface area contributed by atoms with Gasteiger partial charge in [0.15, 0.2) is 5.78 Å². The Hall–Kier alpha value is -4.33. The van der Waals surface area contributed by atoms with E-state index in [9.17, 15) is 14.4 Å². The van der Waals surface area contributed by atoms with Gasteiger partial charge in [-0.3, -0.25) is 19.3 Å². The minimum atomic E-state index is -0.946.